The quantitative estimate of drug-likeness (QED) is 0.361. The lowest BCUT2D eigenvalue weighted by Gasteiger charge is -1.99. The topological polar surface area (TPSA) is 114 Å². The minimum absolute atomic E-state index is 0.252. The molecule has 3 rings (SSSR count). The number of carboxylic acids is 1. The molecule has 3 aromatic rings. The minimum atomic E-state index is -1.01. The minimum Gasteiger partial charge on any atom is -0.501 e. The van der Waals surface area contributed by atoms with Crippen LogP contribution in [0.25, 0.3) is 17.0 Å². The number of hydrogen-bond donors (Lipinski definition) is 2. The van der Waals surface area contributed by atoms with Crippen molar-refractivity contribution in [3.8, 4) is 5.75 Å². The van der Waals surface area contributed by atoms with Gasteiger partial charge in [-0.2, -0.15) is 0 Å². The first-order valence-corrected chi connectivity index (χ1v) is 8.12. The molecule has 0 atom stereocenters. The number of halogens is 2. The SMILES string of the molecule is O=C(O)C=Cc1ccc(Cl)cc1Cl.O=[N+]([O-])c1ccc2cccnc2c1O. The second-order valence-electron chi connectivity index (χ2n) is 5.10. The van der Waals surface area contributed by atoms with E-state index in [0.29, 0.717) is 21.0 Å². The zero-order chi connectivity index (χ0) is 20.0. The third kappa shape index (κ3) is 5.40. The van der Waals surface area contributed by atoms with Gasteiger partial charge in [-0.1, -0.05) is 35.3 Å². The van der Waals surface area contributed by atoms with Crippen LogP contribution >= 0.6 is 23.2 Å². The second-order valence-corrected chi connectivity index (χ2v) is 5.95. The summed E-state index contributed by atoms with van der Waals surface area (Å²) < 4.78 is 0. The van der Waals surface area contributed by atoms with E-state index in [1.165, 1.54) is 18.3 Å². The van der Waals surface area contributed by atoms with Gasteiger partial charge < -0.3 is 10.2 Å². The average Bonchev–Trinajstić information content (AvgIpc) is 2.61. The predicted molar refractivity (Wildman–Crippen MR) is 103 cm³/mol. The summed E-state index contributed by atoms with van der Waals surface area (Å²) in [5.74, 6) is -1.39. The molecule has 0 aliphatic carbocycles. The Kier molecular flexibility index (Phi) is 6.70. The summed E-state index contributed by atoms with van der Waals surface area (Å²) in [6.45, 7) is 0. The van der Waals surface area contributed by atoms with Gasteiger partial charge in [0.15, 0.2) is 0 Å². The summed E-state index contributed by atoms with van der Waals surface area (Å²) in [4.78, 5) is 23.9. The Morgan fingerprint density at radius 1 is 1.19 bits per heavy atom. The molecule has 0 fully saturated rings. The fourth-order valence-corrected chi connectivity index (χ4v) is 2.54. The van der Waals surface area contributed by atoms with Crippen LogP contribution in [-0.2, 0) is 4.79 Å². The van der Waals surface area contributed by atoms with Crippen molar-refractivity contribution in [3.05, 3.63) is 80.5 Å². The van der Waals surface area contributed by atoms with Crippen LogP contribution in [0.2, 0.25) is 10.0 Å². The van der Waals surface area contributed by atoms with Crippen LogP contribution in [0.5, 0.6) is 5.75 Å². The van der Waals surface area contributed by atoms with Gasteiger partial charge in [0.1, 0.15) is 5.52 Å². The second kappa shape index (κ2) is 8.98. The number of nitro benzene ring substituents is 1. The molecule has 7 nitrogen and oxygen atoms in total. The Morgan fingerprint density at radius 3 is 2.56 bits per heavy atom. The van der Waals surface area contributed by atoms with E-state index >= 15 is 0 Å². The Hall–Kier alpha value is -3.16. The van der Waals surface area contributed by atoms with Crippen molar-refractivity contribution in [2.24, 2.45) is 0 Å². The van der Waals surface area contributed by atoms with Gasteiger partial charge in [0.05, 0.1) is 4.92 Å². The summed E-state index contributed by atoms with van der Waals surface area (Å²) in [6, 6.07) is 11.1. The van der Waals surface area contributed by atoms with Crippen LogP contribution in [0.1, 0.15) is 5.56 Å². The van der Waals surface area contributed by atoms with E-state index in [2.05, 4.69) is 4.98 Å². The molecule has 1 aromatic heterocycles. The number of aromatic hydroxyl groups is 1. The van der Waals surface area contributed by atoms with Crippen LogP contribution in [0.4, 0.5) is 5.69 Å². The van der Waals surface area contributed by atoms with Gasteiger partial charge in [-0.05, 0) is 35.9 Å². The van der Waals surface area contributed by atoms with Gasteiger partial charge in [0, 0.05) is 33.8 Å². The highest BCUT2D eigenvalue weighted by Crippen LogP contribution is 2.32. The molecule has 0 saturated carbocycles. The maximum absolute atomic E-state index is 10.5. The molecule has 0 bridgehead atoms. The lowest BCUT2D eigenvalue weighted by Crippen LogP contribution is -1.89. The van der Waals surface area contributed by atoms with Crippen LogP contribution < -0.4 is 0 Å². The molecule has 0 aliphatic rings. The van der Waals surface area contributed by atoms with E-state index < -0.39 is 10.9 Å². The summed E-state index contributed by atoms with van der Waals surface area (Å²) in [7, 11) is 0. The Bertz CT molecular complexity index is 1040. The van der Waals surface area contributed by atoms with E-state index in [4.69, 9.17) is 28.3 Å². The number of hydrogen-bond acceptors (Lipinski definition) is 5. The number of aliphatic carboxylic acids is 1. The molecule has 0 spiro atoms. The Labute approximate surface area is 163 Å². The maximum atomic E-state index is 10.5. The van der Waals surface area contributed by atoms with Gasteiger partial charge in [-0.3, -0.25) is 15.1 Å². The molecule has 9 heteroatoms. The molecule has 0 saturated heterocycles. The molecular weight excluding hydrogens is 395 g/mol. The zero-order valence-electron chi connectivity index (χ0n) is 13.5. The van der Waals surface area contributed by atoms with Crippen molar-refractivity contribution >= 4 is 51.8 Å². The van der Waals surface area contributed by atoms with Crippen LogP contribution in [0.15, 0.2) is 54.7 Å². The summed E-state index contributed by atoms with van der Waals surface area (Å²) >= 11 is 11.4. The van der Waals surface area contributed by atoms with Gasteiger partial charge in [-0.15, -0.1) is 0 Å². The number of carboxylic acid groups (broad SMARTS) is 1. The number of nitrogens with zero attached hydrogens (tertiary/aromatic N) is 2. The van der Waals surface area contributed by atoms with Gasteiger partial charge >= 0.3 is 11.7 Å². The Morgan fingerprint density at radius 2 is 1.93 bits per heavy atom. The van der Waals surface area contributed by atoms with Gasteiger partial charge in [0.25, 0.3) is 0 Å². The van der Waals surface area contributed by atoms with E-state index in [-0.39, 0.29) is 17.0 Å². The third-order valence-corrected chi connectivity index (χ3v) is 3.85. The number of phenolic OH excluding ortho intramolecular Hbond substituents is 1. The first-order chi connectivity index (χ1) is 12.8. The average molecular weight is 407 g/mol. The van der Waals surface area contributed by atoms with E-state index in [0.717, 1.165) is 6.08 Å². The highest BCUT2D eigenvalue weighted by molar-refractivity contribution is 6.35. The molecule has 27 heavy (non-hydrogen) atoms. The summed E-state index contributed by atoms with van der Waals surface area (Å²) in [5.41, 5.74) is 0.561. The molecule has 1 heterocycles. The smallest absolute Gasteiger partial charge is 0.328 e. The molecule has 0 radical (unpaired) electrons. The standard InChI is InChI=1S/C9H6Cl2O2.C9H6N2O3/c10-7-3-1-6(8(11)5-7)2-4-9(12)13;12-9-7(11(13)14)4-3-6-2-1-5-10-8(6)9/h1-5H,(H,12,13);1-5,12H. The normalized spacial score (nSPS) is 10.4. The number of benzene rings is 2. The highest BCUT2D eigenvalue weighted by atomic mass is 35.5. The number of carbonyl (C=O) groups is 1. The van der Waals surface area contributed by atoms with E-state index in [1.807, 2.05) is 0 Å². The molecule has 0 amide bonds. The fraction of sp³-hybridized carbons (Fsp3) is 0. The number of fused-ring (bicyclic) bond motifs is 1. The van der Waals surface area contributed by atoms with Crippen molar-refractivity contribution in [1.29, 1.82) is 0 Å². The summed E-state index contributed by atoms with van der Waals surface area (Å²) in [6.07, 6.45) is 3.92. The first kappa shape index (κ1) is 20.2. The number of rotatable bonds is 3. The predicted octanol–water partition coefficient (Wildman–Crippen LogP) is 4.94. The molecule has 0 unspecified atom stereocenters. The number of aromatic nitrogens is 1. The first-order valence-electron chi connectivity index (χ1n) is 7.36. The van der Waals surface area contributed by atoms with Gasteiger partial charge in [-0.25, -0.2) is 4.79 Å². The number of phenols is 1. The Balaban J connectivity index is 0.000000194. The highest BCUT2D eigenvalue weighted by Gasteiger charge is 2.15. The lowest BCUT2D eigenvalue weighted by molar-refractivity contribution is -0.385. The lowest BCUT2D eigenvalue weighted by atomic mass is 10.2. The summed E-state index contributed by atoms with van der Waals surface area (Å²) in [5, 5.41) is 30.0. The van der Waals surface area contributed by atoms with E-state index in [9.17, 15) is 20.0 Å². The van der Waals surface area contributed by atoms with Crippen molar-refractivity contribution in [3.63, 3.8) is 0 Å². The van der Waals surface area contributed by atoms with Crippen LogP contribution in [0, 0.1) is 10.1 Å². The van der Waals surface area contributed by atoms with Crippen molar-refractivity contribution in [2.45, 2.75) is 0 Å². The zero-order valence-corrected chi connectivity index (χ0v) is 15.1. The molecule has 0 aliphatic heterocycles. The molecular formula is C18H12Cl2N2O5. The fourth-order valence-electron chi connectivity index (χ4n) is 2.06. The monoisotopic (exact) mass is 406 g/mol. The molecule has 138 valence electrons. The molecule has 2 aromatic carbocycles. The molecule has 2 N–H and O–H groups in total. The van der Waals surface area contributed by atoms with Crippen molar-refractivity contribution < 1.29 is 19.9 Å². The van der Waals surface area contributed by atoms with Crippen LogP contribution in [0.3, 0.4) is 0 Å². The van der Waals surface area contributed by atoms with Crippen molar-refractivity contribution in [1.82, 2.24) is 4.98 Å². The van der Waals surface area contributed by atoms with Crippen LogP contribution in [-0.4, -0.2) is 26.1 Å². The largest absolute Gasteiger partial charge is 0.501 e. The van der Waals surface area contributed by atoms with Gasteiger partial charge in [0.2, 0.25) is 5.75 Å². The number of nitro groups is 1. The number of pyridine rings is 1. The van der Waals surface area contributed by atoms with Crippen molar-refractivity contribution in [2.75, 3.05) is 0 Å². The third-order valence-electron chi connectivity index (χ3n) is 3.29. The maximum Gasteiger partial charge on any atom is 0.328 e. The van der Waals surface area contributed by atoms with E-state index in [1.54, 1.807) is 36.4 Å².